The summed E-state index contributed by atoms with van der Waals surface area (Å²) in [6, 6.07) is 12.0. The van der Waals surface area contributed by atoms with E-state index in [9.17, 15) is 9.90 Å². The summed E-state index contributed by atoms with van der Waals surface area (Å²) < 4.78 is 5.08. The standard InChI is InChI=1S/C18H21N3O3/c1-12-6-4-5-7-16(12)20-13(2)18(23)21-19-11-14-10-15(24-3)8-9-17(14)22/h4-11,13,20,22H,1-3H3,(H,21,23)/b19-11-/t13-/m1/s1. The van der Waals surface area contributed by atoms with E-state index in [-0.39, 0.29) is 11.7 Å². The number of para-hydroxylation sites is 1. The van der Waals surface area contributed by atoms with Crippen molar-refractivity contribution in [2.75, 3.05) is 12.4 Å². The summed E-state index contributed by atoms with van der Waals surface area (Å²) in [6.45, 7) is 3.72. The number of amides is 1. The van der Waals surface area contributed by atoms with Crippen LogP contribution >= 0.6 is 0 Å². The fourth-order valence-electron chi connectivity index (χ4n) is 2.06. The second-order valence-electron chi connectivity index (χ2n) is 5.34. The molecule has 0 aliphatic rings. The summed E-state index contributed by atoms with van der Waals surface area (Å²) >= 11 is 0. The molecule has 0 saturated carbocycles. The van der Waals surface area contributed by atoms with Gasteiger partial charge in [-0.1, -0.05) is 18.2 Å². The average Bonchev–Trinajstić information content (AvgIpc) is 2.58. The molecule has 1 atom stereocenters. The second-order valence-corrected chi connectivity index (χ2v) is 5.34. The fourth-order valence-corrected chi connectivity index (χ4v) is 2.06. The number of rotatable bonds is 6. The number of nitrogens with zero attached hydrogens (tertiary/aromatic N) is 1. The number of ether oxygens (including phenoxy) is 1. The van der Waals surface area contributed by atoms with Gasteiger partial charge in [-0.05, 0) is 43.7 Å². The van der Waals surface area contributed by atoms with E-state index in [4.69, 9.17) is 4.74 Å². The number of anilines is 1. The van der Waals surface area contributed by atoms with Crippen LogP contribution in [0.5, 0.6) is 11.5 Å². The van der Waals surface area contributed by atoms with Crippen molar-refractivity contribution in [2.45, 2.75) is 19.9 Å². The molecule has 2 rings (SSSR count). The van der Waals surface area contributed by atoms with Crippen molar-refractivity contribution in [3.8, 4) is 11.5 Å². The summed E-state index contributed by atoms with van der Waals surface area (Å²) in [4.78, 5) is 12.1. The summed E-state index contributed by atoms with van der Waals surface area (Å²) in [5, 5.41) is 16.8. The highest BCUT2D eigenvalue weighted by Gasteiger charge is 2.12. The van der Waals surface area contributed by atoms with E-state index in [1.54, 1.807) is 19.1 Å². The van der Waals surface area contributed by atoms with Crippen LogP contribution in [-0.2, 0) is 4.79 Å². The molecule has 0 radical (unpaired) electrons. The van der Waals surface area contributed by atoms with Crippen LogP contribution in [0, 0.1) is 6.92 Å². The van der Waals surface area contributed by atoms with Gasteiger partial charge in [-0.3, -0.25) is 4.79 Å². The molecule has 6 heteroatoms. The minimum atomic E-state index is -0.456. The van der Waals surface area contributed by atoms with E-state index < -0.39 is 6.04 Å². The van der Waals surface area contributed by atoms with Gasteiger partial charge in [0, 0.05) is 11.3 Å². The van der Waals surface area contributed by atoms with Gasteiger partial charge in [-0.2, -0.15) is 5.10 Å². The molecule has 0 heterocycles. The number of phenols is 1. The number of aryl methyl sites for hydroxylation is 1. The third-order valence-electron chi connectivity index (χ3n) is 3.52. The number of benzene rings is 2. The topological polar surface area (TPSA) is 83.0 Å². The molecule has 0 spiro atoms. The quantitative estimate of drug-likeness (QED) is 0.563. The summed E-state index contributed by atoms with van der Waals surface area (Å²) in [6.07, 6.45) is 1.37. The Morgan fingerprint density at radius 1 is 1.29 bits per heavy atom. The third kappa shape index (κ3) is 4.49. The molecule has 0 aliphatic heterocycles. The molecule has 6 nitrogen and oxygen atoms in total. The van der Waals surface area contributed by atoms with E-state index in [1.807, 2.05) is 31.2 Å². The molecule has 0 bridgehead atoms. The van der Waals surface area contributed by atoms with Crippen LogP contribution in [0.4, 0.5) is 5.69 Å². The van der Waals surface area contributed by atoms with Crippen molar-refractivity contribution >= 4 is 17.8 Å². The Morgan fingerprint density at radius 3 is 2.75 bits per heavy atom. The lowest BCUT2D eigenvalue weighted by molar-refractivity contribution is -0.121. The Balaban J connectivity index is 1.96. The maximum absolute atomic E-state index is 12.1. The van der Waals surface area contributed by atoms with E-state index in [1.165, 1.54) is 19.4 Å². The maximum Gasteiger partial charge on any atom is 0.262 e. The van der Waals surface area contributed by atoms with Crippen LogP contribution in [-0.4, -0.2) is 30.4 Å². The Labute approximate surface area is 141 Å². The predicted octanol–water partition coefficient (Wildman–Crippen LogP) is 2.66. The Hall–Kier alpha value is -3.02. The normalized spacial score (nSPS) is 12.0. The molecule has 3 N–H and O–H groups in total. The average molecular weight is 327 g/mol. The van der Waals surface area contributed by atoms with Crippen LogP contribution in [0.1, 0.15) is 18.1 Å². The molecule has 2 aromatic rings. The predicted molar refractivity (Wildman–Crippen MR) is 94.7 cm³/mol. The lowest BCUT2D eigenvalue weighted by Crippen LogP contribution is -2.35. The van der Waals surface area contributed by atoms with E-state index in [2.05, 4.69) is 15.8 Å². The van der Waals surface area contributed by atoms with Gasteiger partial charge in [-0.15, -0.1) is 0 Å². The van der Waals surface area contributed by atoms with E-state index in [0.717, 1.165) is 11.3 Å². The van der Waals surface area contributed by atoms with E-state index in [0.29, 0.717) is 11.3 Å². The first-order chi connectivity index (χ1) is 11.5. The SMILES string of the molecule is COc1ccc(O)c(/C=N\NC(=O)[C@@H](C)Nc2ccccc2C)c1. The van der Waals surface area contributed by atoms with Gasteiger partial charge in [-0.25, -0.2) is 5.43 Å². The third-order valence-corrected chi connectivity index (χ3v) is 3.52. The molecule has 0 saturated heterocycles. The van der Waals surface area contributed by atoms with Crippen molar-refractivity contribution in [2.24, 2.45) is 5.10 Å². The Kier molecular flexibility index (Phi) is 5.78. The molecule has 0 aromatic heterocycles. The number of aromatic hydroxyl groups is 1. The van der Waals surface area contributed by atoms with Crippen LogP contribution in [0.25, 0.3) is 0 Å². The number of phenolic OH excluding ortho intramolecular Hbond substituents is 1. The summed E-state index contributed by atoms with van der Waals surface area (Å²) in [5.41, 5.74) is 4.86. The second kappa shape index (κ2) is 8.01. The van der Waals surface area contributed by atoms with Gasteiger partial charge in [0.15, 0.2) is 0 Å². The zero-order valence-corrected chi connectivity index (χ0v) is 13.9. The highest BCUT2D eigenvalue weighted by atomic mass is 16.5. The number of methoxy groups -OCH3 is 1. The van der Waals surface area contributed by atoms with Crippen LogP contribution in [0.2, 0.25) is 0 Å². The van der Waals surface area contributed by atoms with E-state index >= 15 is 0 Å². The molecule has 2 aromatic carbocycles. The highest BCUT2D eigenvalue weighted by Crippen LogP contribution is 2.21. The van der Waals surface area contributed by atoms with Crippen molar-refractivity contribution in [1.29, 1.82) is 0 Å². The molecule has 0 fully saturated rings. The van der Waals surface area contributed by atoms with Crippen LogP contribution in [0.15, 0.2) is 47.6 Å². The van der Waals surface area contributed by atoms with Crippen molar-refractivity contribution in [1.82, 2.24) is 5.43 Å². The van der Waals surface area contributed by atoms with Gasteiger partial charge < -0.3 is 15.2 Å². The zero-order chi connectivity index (χ0) is 17.5. The molecular weight excluding hydrogens is 306 g/mol. The Bertz CT molecular complexity index is 744. The van der Waals surface area contributed by atoms with Gasteiger partial charge in [0.05, 0.1) is 13.3 Å². The monoisotopic (exact) mass is 327 g/mol. The minimum Gasteiger partial charge on any atom is -0.507 e. The first-order valence-corrected chi connectivity index (χ1v) is 7.53. The van der Waals surface area contributed by atoms with Gasteiger partial charge in [0.1, 0.15) is 17.5 Å². The van der Waals surface area contributed by atoms with Crippen LogP contribution < -0.4 is 15.5 Å². The lowest BCUT2D eigenvalue weighted by Gasteiger charge is -2.15. The van der Waals surface area contributed by atoms with Crippen molar-refractivity contribution < 1.29 is 14.6 Å². The zero-order valence-electron chi connectivity index (χ0n) is 13.9. The van der Waals surface area contributed by atoms with Crippen LogP contribution in [0.3, 0.4) is 0 Å². The Morgan fingerprint density at radius 2 is 2.04 bits per heavy atom. The molecular formula is C18H21N3O3. The van der Waals surface area contributed by atoms with Gasteiger partial charge in [0.2, 0.25) is 0 Å². The smallest absolute Gasteiger partial charge is 0.262 e. The van der Waals surface area contributed by atoms with Gasteiger partial charge in [0.25, 0.3) is 5.91 Å². The number of nitrogens with one attached hydrogen (secondary N) is 2. The fraction of sp³-hybridized carbons (Fsp3) is 0.222. The summed E-state index contributed by atoms with van der Waals surface area (Å²) in [5.74, 6) is 0.368. The highest BCUT2D eigenvalue weighted by molar-refractivity contribution is 5.88. The first kappa shape index (κ1) is 17.3. The number of carbonyl (C=O) groups is 1. The number of hydrazone groups is 1. The van der Waals surface area contributed by atoms with Crippen molar-refractivity contribution in [3.05, 3.63) is 53.6 Å². The van der Waals surface area contributed by atoms with Crippen molar-refractivity contribution in [3.63, 3.8) is 0 Å². The molecule has 0 aliphatic carbocycles. The number of hydrogen-bond acceptors (Lipinski definition) is 5. The summed E-state index contributed by atoms with van der Waals surface area (Å²) in [7, 11) is 1.54. The molecule has 126 valence electrons. The van der Waals surface area contributed by atoms with Gasteiger partial charge >= 0.3 is 0 Å². The largest absolute Gasteiger partial charge is 0.507 e. The molecule has 0 unspecified atom stereocenters. The minimum absolute atomic E-state index is 0.0554. The number of carbonyl (C=O) groups excluding carboxylic acids is 1. The molecule has 1 amide bonds. The molecule has 24 heavy (non-hydrogen) atoms. The number of hydrogen-bond donors (Lipinski definition) is 3. The maximum atomic E-state index is 12.1. The first-order valence-electron chi connectivity index (χ1n) is 7.53. The lowest BCUT2D eigenvalue weighted by atomic mass is 10.2.